The normalized spacial score (nSPS) is 31.7. The van der Waals surface area contributed by atoms with E-state index >= 15 is 0 Å². The number of hydrogen-bond donors (Lipinski definition) is 3. The van der Waals surface area contributed by atoms with Crippen molar-refractivity contribution in [1.82, 2.24) is 5.32 Å². The maximum atomic E-state index is 12.4. The third kappa shape index (κ3) is 14.7. The van der Waals surface area contributed by atoms with Crippen molar-refractivity contribution in [3.8, 4) is 0 Å². The van der Waals surface area contributed by atoms with Crippen LogP contribution in [0, 0.1) is 0 Å². The van der Waals surface area contributed by atoms with E-state index in [2.05, 4.69) is 36.5 Å². The molecule has 33 heavy (non-hydrogen) atoms. The van der Waals surface area contributed by atoms with Crippen molar-refractivity contribution < 1.29 is 15.0 Å². The Balaban J connectivity index is 2.99. The Morgan fingerprint density at radius 3 is 2.42 bits per heavy atom. The average Bonchev–Trinajstić information content (AvgIpc) is 2.78. The van der Waals surface area contributed by atoms with E-state index in [0.29, 0.717) is 0 Å². The quantitative estimate of drug-likeness (QED) is 0.480. The Morgan fingerprint density at radius 1 is 0.939 bits per heavy atom. The summed E-state index contributed by atoms with van der Waals surface area (Å²) in [6, 6.07) is -0.00533. The maximum Gasteiger partial charge on any atom is 0.244 e. The Labute approximate surface area is 199 Å². The fraction of sp³-hybridized carbons (Fsp3) is 0.345. The first-order chi connectivity index (χ1) is 15.9. The first-order valence-corrected chi connectivity index (χ1v) is 11.6. The zero-order chi connectivity index (χ0) is 24.3. The molecule has 0 unspecified atom stereocenters. The van der Waals surface area contributed by atoms with Gasteiger partial charge in [0.15, 0.2) is 0 Å². The van der Waals surface area contributed by atoms with Gasteiger partial charge < -0.3 is 15.5 Å². The monoisotopic (exact) mass is 449 g/mol. The molecule has 178 valence electrons. The second-order valence-corrected chi connectivity index (χ2v) is 8.01. The Morgan fingerprint density at radius 2 is 1.64 bits per heavy atom. The Hall–Kier alpha value is -2.95. The lowest BCUT2D eigenvalue weighted by atomic mass is 10.1. The Kier molecular flexibility index (Phi) is 15.0. The second-order valence-electron chi connectivity index (χ2n) is 8.01. The van der Waals surface area contributed by atoms with Gasteiger partial charge in [0.05, 0.1) is 0 Å². The number of nitrogens with one attached hydrogen (secondary N) is 1. The number of rotatable bonds is 5. The predicted molar refractivity (Wildman–Crippen MR) is 140 cm³/mol. The number of allylic oxidation sites excluding steroid dienone is 13. The van der Waals surface area contributed by atoms with Gasteiger partial charge in [-0.2, -0.15) is 0 Å². The number of carbonyl (C=O) groups excluding carboxylic acids is 1. The minimum Gasteiger partial charge on any atom is -0.386 e. The van der Waals surface area contributed by atoms with Crippen LogP contribution >= 0.6 is 0 Å². The zero-order valence-corrected chi connectivity index (χ0v) is 20.1. The summed E-state index contributed by atoms with van der Waals surface area (Å²) in [7, 11) is 0. The second kappa shape index (κ2) is 17.6. The van der Waals surface area contributed by atoms with Crippen LogP contribution in [0.3, 0.4) is 0 Å². The van der Waals surface area contributed by atoms with Crippen LogP contribution in [0.4, 0.5) is 0 Å². The summed E-state index contributed by atoms with van der Waals surface area (Å²) < 4.78 is 0. The molecule has 0 bridgehead atoms. The van der Waals surface area contributed by atoms with Crippen LogP contribution in [0.1, 0.15) is 46.5 Å². The van der Waals surface area contributed by atoms with E-state index in [1.807, 2.05) is 44.2 Å². The lowest BCUT2D eigenvalue weighted by molar-refractivity contribution is -0.117. The third-order valence-corrected chi connectivity index (χ3v) is 4.80. The lowest BCUT2D eigenvalue weighted by Gasteiger charge is -2.14. The number of carbonyl (C=O) groups is 1. The van der Waals surface area contributed by atoms with Gasteiger partial charge in [-0.25, -0.2) is 0 Å². The molecule has 1 heterocycles. The lowest BCUT2D eigenvalue weighted by Crippen LogP contribution is -2.32. The van der Waals surface area contributed by atoms with Crippen molar-refractivity contribution >= 4 is 5.91 Å². The van der Waals surface area contributed by atoms with Crippen molar-refractivity contribution in [2.24, 2.45) is 0 Å². The van der Waals surface area contributed by atoms with E-state index in [1.165, 1.54) is 6.08 Å². The highest BCUT2D eigenvalue weighted by Gasteiger charge is 2.09. The molecule has 4 heteroatoms. The summed E-state index contributed by atoms with van der Waals surface area (Å²) >= 11 is 0. The van der Waals surface area contributed by atoms with Crippen molar-refractivity contribution in [3.63, 3.8) is 0 Å². The van der Waals surface area contributed by atoms with Crippen LogP contribution in [0.2, 0.25) is 0 Å². The summed E-state index contributed by atoms with van der Waals surface area (Å²) in [6.07, 6.45) is 31.3. The number of aliphatic hydroxyl groups excluding tert-OH is 2. The number of amides is 1. The molecule has 0 saturated heterocycles. The summed E-state index contributed by atoms with van der Waals surface area (Å²) in [6.45, 7) is 5.96. The standard InChI is InChI=1S/C29H39NO3/c1-4-5-6-7-8-9-19-26-20-13-10-16-24(2)17-11-14-21-27(31)28(32)23-25(3)18-12-15-22-29(33)30-26/h6-18,21-23,26-28,31-32H,4-5,19-20H2,1-3H3,(H,30,33)/b7-6+,9-8+,13-10+,17-11+,18-12+,21-14-,22-15+,24-16+,25-23+/t26-,27+,28-/m1/s1. The molecule has 0 aromatic heterocycles. The van der Waals surface area contributed by atoms with Gasteiger partial charge in [0, 0.05) is 12.1 Å². The van der Waals surface area contributed by atoms with E-state index < -0.39 is 12.2 Å². The van der Waals surface area contributed by atoms with Crippen LogP contribution in [-0.4, -0.2) is 34.4 Å². The molecular weight excluding hydrogens is 410 g/mol. The topological polar surface area (TPSA) is 69.6 Å². The first kappa shape index (κ1) is 28.1. The van der Waals surface area contributed by atoms with E-state index in [4.69, 9.17) is 0 Å². The molecule has 0 fully saturated rings. The highest BCUT2D eigenvalue weighted by Crippen LogP contribution is 2.06. The molecule has 1 aliphatic rings. The number of aliphatic hydroxyl groups is 2. The third-order valence-electron chi connectivity index (χ3n) is 4.80. The van der Waals surface area contributed by atoms with Crippen LogP contribution in [-0.2, 0) is 4.79 Å². The van der Waals surface area contributed by atoms with Crippen LogP contribution < -0.4 is 5.32 Å². The largest absolute Gasteiger partial charge is 0.386 e. The first-order valence-electron chi connectivity index (χ1n) is 11.6. The van der Waals surface area contributed by atoms with Crippen molar-refractivity contribution in [2.45, 2.75) is 64.7 Å². The Bertz CT molecular complexity index is 850. The molecule has 0 radical (unpaired) electrons. The molecule has 0 aromatic rings. The molecule has 0 saturated carbocycles. The van der Waals surface area contributed by atoms with Gasteiger partial charge in [-0.15, -0.1) is 0 Å². The van der Waals surface area contributed by atoms with Gasteiger partial charge in [-0.3, -0.25) is 4.79 Å². The van der Waals surface area contributed by atoms with E-state index in [1.54, 1.807) is 36.5 Å². The smallest absolute Gasteiger partial charge is 0.244 e. The van der Waals surface area contributed by atoms with Gasteiger partial charge in [-0.05, 0) is 33.1 Å². The highest BCUT2D eigenvalue weighted by atomic mass is 16.3. The number of unbranched alkanes of at least 4 members (excludes halogenated alkanes) is 1. The SMILES string of the molecule is CCC/C=C/C=C/C[C@@H]1C/C=C/C=C(C)/C=C/C=C\[C@H](O)[C@H](O)/C=C(C)/C=C/C=C/C(=O)N1. The summed E-state index contributed by atoms with van der Waals surface area (Å²) in [4.78, 5) is 12.4. The molecular formula is C29H39NO3. The zero-order valence-electron chi connectivity index (χ0n) is 20.1. The summed E-state index contributed by atoms with van der Waals surface area (Å²) in [5.41, 5.74) is 1.83. The van der Waals surface area contributed by atoms with Crippen LogP contribution in [0.15, 0.2) is 108 Å². The van der Waals surface area contributed by atoms with Gasteiger partial charge in [0.25, 0.3) is 0 Å². The molecule has 3 atom stereocenters. The molecule has 1 amide bonds. The summed E-state index contributed by atoms with van der Waals surface area (Å²) in [5.74, 6) is -0.153. The van der Waals surface area contributed by atoms with E-state index in [0.717, 1.165) is 36.8 Å². The van der Waals surface area contributed by atoms with Gasteiger partial charge >= 0.3 is 0 Å². The fourth-order valence-corrected chi connectivity index (χ4v) is 2.92. The fourth-order valence-electron chi connectivity index (χ4n) is 2.92. The van der Waals surface area contributed by atoms with Gasteiger partial charge in [0.1, 0.15) is 12.2 Å². The molecule has 4 nitrogen and oxygen atoms in total. The molecule has 3 N–H and O–H groups in total. The van der Waals surface area contributed by atoms with E-state index in [9.17, 15) is 15.0 Å². The van der Waals surface area contributed by atoms with E-state index in [-0.39, 0.29) is 11.9 Å². The van der Waals surface area contributed by atoms with Gasteiger partial charge in [0.2, 0.25) is 5.91 Å². The molecule has 0 aliphatic carbocycles. The van der Waals surface area contributed by atoms with Crippen molar-refractivity contribution in [1.29, 1.82) is 0 Å². The molecule has 1 rings (SSSR count). The molecule has 1 aliphatic heterocycles. The minimum atomic E-state index is -1.01. The summed E-state index contributed by atoms with van der Waals surface area (Å²) in [5, 5.41) is 23.2. The molecule has 0 aromatic carbocycles. The predicted octanol–water partition coefficient (Wildman–Crippen LogP) is 5.57. The van der Waals surface area contributed by atoms with Crippen molar-refractivity contribution in [3.05, 3.63) is 108 Å². The number of hydrogen-bond acceptors (Lipinski definition) is 3. The van der Waals surface area contributed by atoms with Crippen molar-refractivity contribution in [2.75, 3.05) is 0 Å². The average molecular weight is 450 g/mol. The highest BCUT2D eigenvalue weighted by molar-refractivity contribution is 5.88. The minimum absolute atomic E-state index is 0.00533. The maximum absolute atomic E-state index is 12.4. The van der Waals surface area contributed by atoms with Crippen LogP contribution in [0.5, 0.6) is 0 Å². The molecule has 0 spiro atoms. The van der Waals surface area contributed by atoms with Crippen LogP contribution in [0.25, 0.3) is 0 Å². The van der Waals surface area contributed by atoms with Gasteiger partial charge in [-0.1, -0.05) is 116 Å².